The van der Waals surface area contributed by atoms with E-state index in [0.717, 1.165) is 158 Å². The Kier molecular flexibility index (Phi) is 24.7. The summed E-state index contributed by atoms with van der Waals surface area (Å²) in [5.41, 5.74) is 20.8. The largest absolute Gasteiger partial charge is 0.453 e. The Labute approximate surface area is 577 Å². The van der Waals surface area contributed by atoms with Gasteiger partial charge >= 0.3 is 6.09 Å². The number of methoxy groups -OCH3 is 1. The molecule has 21 nitrogen and oxygen atoms in total. The number of amides is 1. The van der Waals surface area contributed by atoms with Gasteiger partial charge in [0, 0.05) is 75.3 Å². The number of carbonyl (C=O) groups excluding carboxylic acids is 1. The number of carbonyl (C=O) groups is 1. The number of rotatable bonds is 14. The maximum Gasteiger partial charge on any atom is 0.413 e. The molecular weight excluding hydrogens is 1230 g/mol. The number of nitrogens with two attached hydrogens (primary N) is 1. The molecular formula is C75H107N19O2S. The zero-order valence-electron chi connectivity index (χ0n) is 59.4. The number of nitrogens with zero attached hydrogens (tertiary/aromatic N) is 15. The number of fused-ring (bicyclic) bond motifs is 5. The van der Waals surface area contributed by atoms with Crippen LogP contribution in [0.4, 0.5) is 28.6 Å². The normalized spacial score (nSPS) is 16.8. The maximum absolute atomic E-state index is 11.6. The third-order valence-electron chi connectivity index (χ3n) is 20.5. The maximum atomic E-state index is 11.6. The van der Waals surface area contributed by atoms with Gasteiger partial charge in [-0.25, -0.2) is 54.6 Å². The Hall–Kier alpha value is -7.88. The van der Waals surface area contributed by atoms with Gasteiger partial charge in [-0.05, 0) is 195 Å². The van der Waals surface area contributed by atoms with Crippen molar-refractivity contribution in [1.29, 1.82) is 0 Å². The van der Waals surface area contributed by atoms with Crippen LogP contribution in [-0.4, -0.2) is 106 Å². The Morgan fingerprint density at radius 2 is 0.660 bits per heavy atom. The fraction of sp³-hybridized carbons (Fsp3) is 0.587. The third-order valence-corrected chi connectivity index (χ3v) is 21.2. The van der Waals surface area contributed by atoms with E-state index in [9.17, 15) is 4.79 Å². The molecule has 5 saturated carbocycles. The van der Waals surface area contributed by atoms with Crippen LogP contribution in [0.25, 0.3) is 55.8 Å². The smallest absolute Gasteiger partial charge is 0.413 e. The minimum atomic E-state index is -0.503. The predicted molar refractivity (Wildman–Crippen MR) is 396 cm³/mol. The van der Waals surface area contributed by atoms with Crippen LogP contribution < -0.4 is 21.7 Å². The highest BCUT2D eigenvalue weighted by molar-refractivity contribution is 7.98. The van der Waals surface area contributed by atoms with E-state index in [2.05, 4.69) is 105 Å². The molecule has 5 aliphatic carbocycles. The first-order chi connectivity index (χ1) is 47.2. The Morgan fingerprint density at radius 3 is 0.979 bits per heavy atom. The molecule has 1 amide bonds. The van der Waals surface area contributed by atoms with E-state index >= 15 is 0 Å². The molecule has 22 heteroatoms. The molecule has 0 aliphatic heterocycles. The second-order valence-corrected chi connectivity index (χ2v) is 28.8. The number of hydrogen-bond acceptors (Lipinski definition) is 16. The highest BCUT2D eigenvalue weighted by atomic mass is 32.2. The van der Waals surface area contributed by atoms with Crippen molar-refractivity contribution >= 4 is 97.5 Å². The molecule has 0 radical (unpaired) electrons. The molecule has 5 fully saturated rings. The number of pyridine rings is 5. The summed E-state index contributed by atoms with van der Waals surface area (Å²) in [6.45, 7) is 15.1. The van der Waals surface area contributed by atoms with Gasteiger partial charge in [0.15, 0.2) is 33.4 Å². The summed E-state index contributed by atoms with van der Waals surface area (Å²) in [7, 11) is 5.22. The number of imidazole rings is 5. The summed E-state index contributed by atoms with van der Waals surface area (Å²) >= 11 is 1.73. The zero-order valence-corrected chi connectivity index (χ0v) is 60.2. The number of aromatic nitrogens is 15. The number of nitrogen functional groups attached to an aromatic ring is 1. The minimum Gasteiger partial charge on any atom is -0.453 e. The first-order valence-electron chi connectivity index (χ1n) is 36.4. The molecule has 5 aliphatic rings. The van der Waals surface area contributed by atoms with Crippen LogP contribution in [0.2, 0.25) is 0 Å². The van der Waals surface area contributed by atoms with Crippen molar-refractivity contribution in [2.45, 2.75) is 233 Å². The summed E-state index contributed by atoms with van der Waals surface area (Å²) < 4.78 is 15.7. The van der Waals surface area contributed by atoms with Crippen molar-refractivity contribution in [3.63, 3.8) is 0 Å². The molecule has 10 aromatic heterocycles. The minimum absolute atomic E-state index is 0.503. The van der Waals surface area contributed by atoms with Crippen molar-refractivity contribution < 1.29 is 9.53 Å². The van der Waals surface area contributed by atoms with Gasteiger partial charge in [0.1, 0.15) is 27.6 Å². The topological polar surface area (TPSA) is 242 Å². The second-order valence-electron chi connectivity index (χ2n) is 28.0. The third kappa shape index (κ3) is 18.3. The van der Waals surface area contributed by atoms with Crippen molar-refractivity contribution in [2.75, 3.05) is 49.1 Å². The molecule has 5 N–H and O–H groups in total. The van der Waals surface area contributed by atoms with Gasteiger partial charge < -0.3 is 25.7 Å². The number of ether oxygens (including phenoxy) is 1. The highest BCUT2D eigenvalue weighted by Gasteiger charge is 2.25. The number of nitrogens with one attached hydrogen (secondary N) is 3. The van der Waals surface area contributed by atoms with Gasteiger partial charge in [-0.1, -0.05) is 108 Å². The molecule has 0 aromatic carbocycles. The molecule has 97 heavy (non-hydrogen) atoms. The number of thioether (sulfide) groups is 1. The van der Waals surface area contributed by atoms with Crippen LogP contribution in [0.5, 0.6) is 0 Å². The van der Waals surface area contributed by atoms with Crippen LogP contribution in [0.15, 0.2) is 65.8 Å². The highest BCUT2D eigenvalue weighted by Crippen LogP contribution is 2.34. The summed E-state index contributed by atoms with van der Waals surface area (Å²) in [6.07, 6.45) is 35.2. The lowest BCUT2D eigenvalue weighted by molar-refractivity contribution is 0.186. The summed E-state index contributed by atoms with van der Waals surface area (Å²) in [6, 6.07) is 20.2. The average molecular weight is 1340 g/mol. The van der Waals surface area contributed by atoms with Gasteiger partial charge in [0.05, 0.1) is 7.11 Å². The van der Waals surface area contributed by atoms with Crippen LogP contribution in [0.1, 0.15) is 189 Å². The molecule has 10 heterocycles. The molecule has 0 atom stereocenters. The SMILES string of the molecule is CNc1nc2ccc(C)nc2n1CC1CCCCC1.CNc1nc2ccc(C)nc2n1CC1CCCCC1.COC(=O)Nc1nc2ccc(C)nc2n1CC1CCCCC1.CSc1nc2ccc(C)nc2n1CC1CCCCC1.Cc1ccc2nc(N)n(CC3CCCCC3)c2n1. The molecule has 0 spiro atoms. The molecule has 0 saturated heterocycles. The zero-order chi connectivity index (χ0) is 67.8. The average Bonchev–Trinajstić information content (AvgIpc) is 1.74. The second kappa shape index (κ2) is 34.1. The van der Waals surface area contributed by atoms with Crippen LogP contribution in [-0.2, 0) is 37.5 Å². The van der Waals surface area contributed by atoms with E-state index in [1.54, 1.807) is 11.8 Å². The molecule has 10 aromatic rings. The van der Waals surface area contributed by atoms with E-state index in [0.29, 0.717) is 17.8 Å². The van der Waals surface area contributed by atoms with E-state index in [1.807, 2.05) is 88.8 Å². The van der Waals surface area contributed by atoms with Gasteiger partial charge in [-0.3, -0.25) is 23.6 Å². The van der Waals surface area contributed by atoms with E-state index in [-0.39, 0.29) is 0 Å². The number of anilines is 4. The first-order valence-corrected chi connectivity index (χ1v) is 37.7. The lowest BCUT2D eigenvalue weighted by Gasteiger charge is -2.22. The van der Waals surface area contributed by atoms with Crippen LogP contribution >= 0.6 is 11.8 Å². The number of hydrogen-bond donors (Lipinski definition) is 4. The summed E-state index contributed by atoms with van der Waals surface area (Å²) in [5, 5.41) is 10.2. The van der Waals surface area contributed by atoms with Crippen LogP contribution in [0.3, 0.4) is 0 Å². The summed E-state index contributed by atoms with van der Waals surface area (Å²) in [5.74, 6) is 6.73. The monoisotopic (exact) mass is 1340 g/mol. The Morgan fingerprint density at radius 1 is 0.392 bits per heavy atom. The van der Waals surface area contributed by atoms with Gasteiger partial charge in [0.2, 0.25) is 23.8 Å². The summed E-state index contributed by atoms with van der Waals surface area (Å²) in [4.78, 5) is 57.6. The van der Waals surface area contributed by atoms with E-state index in [4.69, 9.17) is 20.4 Å². The van der Waals surface area contributed by atoms with Crippen molar-refractivity contribution in [1.82, 2.24) is 72.7 Å². The van der Waals surface area contributed by atoms with E-state index < -0.39 is 6.09 Å². The Balaban J connectivity index is 0.000000123. The van der Waals surface area contributed by atoms with Crippen molar-refractivity contribution in [3.8, 4) is 0 Å². The lowest BCUT2D eigenvalue weighted by Crippen LogP contribution is -2.19. The lowest BCUT2D eigenvalue weighted by atomic mass is 9.89. The standard InChI is InChI=1S/C16H22N4O2.2C15H22N4.C15H21N3S.C14H20N4/c1-11-8-9-13-14(17-11)20(10-12-6-4-3-5-7-12)15(18-13)19-16(21)22-2;2*1-11-8-9-13-14(17-11)19(15(16-2)18-13)10-12-6-4-3-5-7-12;1-11-8-9-13-14(16-11)18(15(17-13)19-2)10-12-6-4-3-5-7-12;1-10-7-8-12-13(16-10)18(14(15)17-12)9-11-5-3-2-4-6-11/h8-9,12H,3-7,10H2,1-2H3,(H,18,19,21);2*8-9,12H,3-7,10H2,1-2H3,(H,16,18);8-9,12H,3-7,10H2,1-2H3;7-8,11H,2-6,9H2,1H3,(H2,15,17). The van der Waals surface area contributed by atoms with Gasteiger partial charge in [0.25, 0.3) is 0 Å². The van der Waals surface area contributed by atoms with Crippen LogP contribution in [0, 0.1) is 64.2 Å². The molecule has 520 valence electrons. The van der Waals surface area contributed by atoms with E-state index in [1.165, 1.54) is 168 Å². The van der Waals surface area contributed by atoms with Crippen molar-refractivity contribution in [2.24, 2.45) is 29.6 Å². The van der Waals surface area contributed by atoms with Gasteiger partial charge in [-0.15, -0.1) is 0 Å². The fourth-order valence-corrected chi connectivity index (χ4v) is 15.8. The van der Waals surface area contributed by atoms with Gasteiger partial charge in [-0.2, -0.15) is 0 Å². The fourth-order valence-electron chi connectivity index (χ4n) is 15.3. The molecule has 0 bridgehead atoms. The number of aryl methyl sites for hydroxylation is 5. The molecule has 0 unspecified atom stereocenters. The first kappa shape index (κ1) is 70.4. The quantitative estimate of drug-likeness (QED) is 0.0740. The van der Waals surface area contributed by atoms with Crippen molar-refractivity contribution in [3.05, 3.63) is 89.1 Å². The Bertz CT molecular complexity index is 3920. The molecule has 15 rings (SSSR count). The predicted octanol–water partition coefficient (Wildman–Crippen LogP) is 17.2.